The summed E-state index contributed by atoms with van der Waals surface area (Å²) in [6, 6.07) is 4.52. The van der Waals surface area contributed by atoms with Gasteiger partial charge in [0.1, 0.15) is 13.2 Å². The summed E-state index contributed by atoms with van der Waals surface area (Å²) in [6.07, 6.45) is -3.68. The highest BCUT2D eigenvalue weighted by Crippen LogP contribution is 2.32. The van der Waals surface area contributed by atoms with Gasteiger partial charge in [0, 0.05) is 6.04 Å². The molecule has 0 saturated heterocycles. The van der Waals surface area contributed by atoms with Crippen molar-refractivity contribution < 1.29 is 27.0 Å². The van der Waals surface area contributed by atoms with Gasteiger partial charge < -0.3 is 14.8 Å². The first-order valence-corrected chi connectivity index (χ1v) is 6.19. The van der Waals surface area contributed by atoms with Gasteiger partial charge in [-0.25, -0.2) is 8.78 Å². The van der Waals surface area contributed by atoms with Crippen molar-refractivity contribution in [1.29, 1.82) is 0 Å². The summed E-state index contributed by atoms with van der Waals surface area (Å²) in [6.45, 7) is 1.41. The molecule has 2 rings (SSSR count). The summed E-state index contributed by atoms with van der Waals surface area (Å²) in [5.74, 6) is -2.92. The number of ether oxygens (including phenoxy) is 2. The predicted octanol–water partition coefficient (Wildman–Crippen LogP) is 3.01. The summed E-state index contributed by atoms with van der Waals surface area (Å²) in [4.78, 5) is 0. The Hall–Kier alpha value is -1.50. The fourth-order valence-corrected chi connectivity index (χ4v) is 1.81. The van der Waals surface area contributed by atoms with E-state index in [1.165, 1.54) is 0 Å². The number of halogens is 4. The van der Waals surface area contributed by atoms with E-state index in [0.717, 1.165) is 0 Å². The van der Waals surface area contributed by atoms with E-state index in [1.807, 2.05) is 0 Å². The minimum Gasteiger partial charge on any atom is -0.486 e. The van der Waals surface area contributed by atoms with Crippen LogP contribution in [0.3, 0.4) is 0 Å². The van der Waals surface area contributed by atoms with Gasteiger partial charge in [-0.15, -0.1) is 0 Å². The molecule has 1 atom stereocenters. The predicted molar refractivity (Wildman–Crippen MR) is 64.8 cm³/mol. The number of hydrogen-bond acceptors (Lipinski definition) is 3. The van der Waals surface area contributed by atoms with Gasteiger partial charge >= 0.3 is 12.3 Å². The average molecular weight is 293 g/mol. The standard InChI is InChI=1S/C13H15F4NO2/c1-8(18-7-13(16,17)12(14)15)9-2-3-10-11(6-9)20-5-4-19-10/h2-3,6,8,12,18H,4-5,7H2,1H3. The Morgan fingerprint density at radius 1 is 1.20 bits per heavy atom. The van der Waals surface area contributed by atoms with Gasteiger partial charge in [0.25, 0.3) is 0 Å². The Bertz CT molecular complexity index is 468. The minimum atomic E-state index is -4.04. The summed E-state index contributed by atoms with van der Waals surface area (Å²) in [7, 11) is 0. The van der Waals surface area contributed by atoms with Crippen molar-refractivity contribution in [1.82, 2.24) is 5.32 Å². The molecular formula is C13H15F4NO2. The fourth-order valence-electron chi connectivity index (χ4n) is 1.81. The van der Waals surface area contributed by atoms with E-state index in [1.54, 1.807) is 25.1 Å². The number of hydrogen-bond donors (Lipinski definition) is 1. The Morgan fingerprint density at radius 3 is 2.50 bits per heavy atom. The Balaban J connectivity index is 2.01. The van der Waals surface area contributed by atoms with Crippen LogP contribution in [-0.2, 0) is 0 Å². The topological polar surface area (TPSA) is 30.5 Å². The highest BCUT2D eigenvalue weighted by molar-refractivity contribution is 5.44. The molecule has 1 heterocycles. The molecule has 7 heteroatoms. The van der Waals surface area contributed by atoms with Crippen LogP contribution in [0.1, 0.15) is 18.5 Å². The number of rotatable bonds is 5. The molecule has 1 aliphatic rings. The van der Waals surface area contributed by atoms with Crippen molar-refractivity contribution in [3.8, 4) is 11.5 Å². The third kappa shape index (κ3) is 3.33. The molecule has 20 heavy (non-hydrogen) atoms. The molecule has 1 unspecified atom stereocenters. The lowest BCUT2D eigenvalue weighted by molar-refractivity contribution is -0.126. The fraction of sp³-hybridized carbons (Fsp3) is 0.538. The van der Waals surface area contributed by atoms with Crippen LogP contribution in [0.2, 0.25) is 0 Å². The smallest absolute Gasteiger partial charge is 0.319 e. The first-order valence-electron chi connectivity index (χ1n) is 6.19. The molecule has 0 radical (unpaired) electrons. The van der Waals surface area contributed by atoms with Crippen molar-refractivity contribution in [3.05, 3.63) is 23.8 Å². The molecule has 0 spiro atoms. The van der Waals surface area contributed by atoms with Crippen molar-refractivity contribution in [3.63, 3.8) is 0 Å². The molecule has 0 bridgehead atoms. The Kier molecular flexibility index (Phi) is 4.37. The van der Waals surface area contributed by atoms with E-state index >= 15 is 0 Å². The van der Waals surface area contributed by atoms with Crippen LogP contribution in [0.25, 0.3) is 0 Å². The maximum atomic E-state index is 12.8. The van der Waals surface area contributed by atoms with Crippen LogP contribution in [0.4, 0.5) is 17.6 Å². The summed E-state index contributed by atoms with van der Waals surface area (Å²) < 4.78 is 60.5. The Labute approximate surface area is 113 Å². The summed E-state index contributed by atoms with van der Waals surface area (Å²) in [5, 5.41) is 2.40. The monoisotopic (exact) mass is 293 g/mol. The molecule has 1 aromatic rings. The molecular weight excluding hydrogens is 278 g/mol. The summed E-state index contributed by atoms with van der Waals surface area (Å²) in [5.41, 5.74) is 0.666. The first-order chi connectivity index (χ1) is 9.40. The van der Waals surface area contributed by atoms with Crippen LogP contribution in [-0.4, -0.2) is 32.1 Å². The van der Waals surface area contributed by atoms with Gasteiger partial charge in [-0.1, -0.05) is 6.07 Å². The highest BCUT2D eigenvalue weighted by atomic mass is 19.3. The second kappa shape index (κ2) is 5.87. The Morgan fingerprint density at radius 2 is 1.85 bits per heavy atom. The second-order valence-corrected chi connectivity index (χ2v) is 4.57. The minimum absolute atomic E-state index is 0.418. The van der Waals surface area contributed by atoms with Gasteiger partial charge in [-0.3, -0.25) is 0 Å². The van der Waals surface area contributed by atoms with Crippen LogP contribution in [0, 0.1) is 0 Å². The van der Waals surface area contributed by atoms with Gasteiger partial charge in [-0.2, -0.15) is 8.78 Å². The third-order valence-corrected chi connectivity index (χ3v) is 3.03. The molecule has 0 aliphatic carbocycles. The zero-order valence-electron chi connectivity index (χ0n) is 10.8. The van der Waals surface area contributed by atoms with Crippen molar-refractivity contribution in [2.45, 2.75) is 25.3 Å². The van der Waals surface area contributed by atoms with E-state index < -0.39 is 24.9 Å². The zero-order chi connectivity index (χ0) is 14.8. The number of nitrogens with one attached hydrogen (secondary N) is 1. The highest BCUT2D eigenvalue weighted by Gasteiger charge is 2.40. The van der Waals surface area contributed by atoms with Gasteiger partial charge in [0.05, 0.1) is 6.54 Å². The molecule has 1 aliphatic heterocycles. The summed E-state index contributed by atoms with van der Waals surface area (Å²) >= 11 is 0. The van der Waals surface area contributed by atoms with Crippen LogP contribution in [0.5, 0.6) is 11.5 Å². The maximum absolute atomic E-state index is 12.8. The lowest BCUT2D eigenvalue weighted by Gasteiger charge is -2.22. The number of alkyl halides is 4. The van der Waals surface area contributed by atoms with Crippen LogP contribution < -0.4 is 14.8 Å². The quantitative estimate of drug-likeness (QED) is 0.847. The van der Waals surface area contributed by atoms with Gasteiger partial charge in [0.2, 0.25) is 0 Å². The van der Waals surface area contributed by atoms with E-state index in [2.05, 4.69) is 5.32 Å². The second-order valence-electron chi connectivity index (χ2n) is 4.57. The normalized spacial score (nSPS) is 16.3. The average Bonchev–Trinajstić information content (AvgIpc) is 2.44. The lowest BCUT2D eigenvalue weighted by Crippen LogP contribution is -2.39. The number of fused-ring (bicyclic) bond motifs is 1. The van der Waals surface area contributed by atoms with E-state index in [0.29, 0.717) is 30.3 Å². The van der Waals surface area contributed by atoms with Crippen molar-refractivity contribution in [2.75, 3.05) is 19.8 Å². The van der Waals surface area contributed by atoms with E-state index in [9.17, 15) is 17.6 Å². The molecule has 3 nitrogen and oxygen atoms in total. The third-order valence-electron chi connectivity index (χ3n) is 3.03. The molecule has 1 aromatic carbocycles. The van der Waals surface area contributed by atoms with Crippen molar-refractivity contribution in [2.24, 2.45) is 0 Å². The first kappa shape index (κ1) is 14.9. The van der Waals surface area contributed by atoms with Gasteiger partial charge in [-0.05, 0) is 24.6 Å². The molecule has 0 fully saturated rings. The van der Waals surface area contributed by atoms with E-state index in [4.69, 9.17) is 9.47 Å². The SMILES string of the molecule is CC(NCC(F)(F)C(F)F)c1ccc2c(c1)OCCO2. The molecule has 0 saturated carbocycles. The van der Waals surface area contributed by atoms with Crippen LogP contribution >= 0.6 is 0 Å². The maximum Gasteiger partial charge on any atom is 0.319 e. The van der Waals surface area contributed by atoms with Crippen LogP contribution in [0.15, 0.2) is 18.2 Å². The molecule has 112 valence electrons. The zero-order valence-corrected chi connectivity index (χ0v) is 10.8. The van der Waals surface area contributed by atoms with Crippen molar-refractivity contribution >= 4 is 0 Å². The molecule has 0 aromatic heterocycles. The van der Waals surface area contributed by atoms with E-state index in [-0.39, 0.29) is 0 Å². The molecule has 0 amide bonds. The molecule has 1 N–H and O–H groups in total. The lowest BCUT2D eigenvalue weighted by atomic mass is 10.1. The van der Waals surface area contributed by atoms with Gasteiger partial charge in [0.15, 0.2) is 11.5 Å². The largest absolute Gasteiger partial charge is 0.486 e. The number of benzene rings is 1.